The van der Waals surface area contributed by atoms with Crippen molar-refractivity contribution in [3.05, 3.63) is 80.3 Å². The van der Waals surface area contributed by atoms with Crippen molar-refractivity contribution in [1.82, 2.24) is 15.1 Å². The molecule has 204 valence electrons. The van der Waals surface area contributed by atoms with Crippen LogP contribution in [0.2, 0.25) is 15.1 Å². The molecule has 2 bridgehead atoms. The summed E-state index contributed by atoms with van der Waals surface area (Å²) in [6.45, 7) is 7.59. The smallest absolute Gasteiger partial charge is 0.326 e. The van der Waals surface area contributed by atoms with Crippen molar-refractivity contribution in [2.24, 2.45) is 0 Å². The van der Waals surface area contributed by atoms with Crippen LogP contribution in [-0.2, 0) is 19.7 Å². The van der Waals surface area contributed by atoms with Crippen molar-refractivity contribution in [1.29, 1.82) is 0 Å². The van der Waals surface area contributed by atoms with Crippen molar-refractivity contribution in [3.8, 4) is 11.1 Å². The SMILES string of the molecule is CC(C)N1CC2CC1CN2Cc1cc(-c2ccccc2Cl)c2c(c1)N(c1c(Cl)cc(CO)cc1Cl)C(=O)NC2. The maximum absolute atomic E-state index is 13.4. The average Bonchev–Trinajstić information content (AvgIpc) is 3.50. The maximum atomic E-state index is 13.4. The Bertz CT molecular complexity index is 1420. The molecule has 2 N–H and O–H groups in total. The van der Waals surface area contributed by atoms with E-state index in [1.54, 1.807) is 17.0 Å². The normalized spacial score (nSPS) is 21.1. The van der Waals surface area contributed by atoms with Gasteiger partial charge in [0.25, 0.3) is 0 Å². The van der Waals surface area contributed by atoms with Gasteiger partial charge >= 0.3 is 6.03 Å². The number of anilines is 2. The van der Waals surface area contributed by atoms with Crippen molar-refractivity contribution in [3.63, 3.8) is 0 Å². The average molecular weight is 586 g/mol. The molecule has 0 aromatic heterocycles. The molecule has 2 amide bonds. The van der Waals surface area contributed by atoms with E-state index in [2.05, 4.69) is 41.1 Å². The van der Waals surface area contributed by atoms with E-state index in [1.807, 2.05) is 24.3 Å². The Balaban J connectivity index is 1.46. The first kappa shape index (κ1) is 26.9. The lowest BCUT2D eigenvalue weighted by atomic mass is 9.93. The highest BCUT2D eigenvalue weighted by atomic mass is 35.5. The Morgan fingerprint density at radius 3 is 2.33 bits per heavy atom. The van der Waals surface area contributed by atoms with Crippen LogP contribution >= 0.6 is 34.8 Å². The number of likely N-dealkylation sites (tertiary alicyclic amines) is 2. The molecule has 3 aromatic carbocycles. The first-order valence-corrected chi connectivity index (χ1v) is 14.5. The fourth-order valence-corrected chi connectivity index (χ4v) is 7.39. The zero-order valence-corrected chi connectivity index (χ0v) is 24.2. The van der Waals surface area contributed by atoms with Crippen LogP contribution in [0.5, 0.6) is 0 Å². The molecule has 0 aliphatic carbocycles. The largest absolute Gasteiger partial charge is 0.392 e. The zero-order valence-electron chi connectivity index (χ0n) is 21.9. The van der Waals surface area contributed by atoms with Gasteiger partial charge in [0.2, 0.25) is 0 Å². The van der Waals surface area contributed by atoms with Gasteiger partial charge in [0.05, 0.1) is 28.0 Å². The third kappa shape index (κ3) is 4.82. The zero-order chi connectivity index (χ0) is 27.4. The summed E-state index contributed by atoms with van der Waals surface area (Å²) in [6, 6.07) is 16.7. The number of hydrogen-bond donors (Lipinski definition) is 2. The third-order valence-electron chi connectivity index (χ3n) is 8.24. The lowest BCUT2D eigenvalue weighted by molar-refractivity contribution is 0.0999. The quantitative estimate of drug-likeness (QED) is 0.333. The van der Waals surface area contributed by atoms with E-state index in [0.29, 0.717) is 51.0 Å². The molecule has 3 aromatic rings. The number of amides is 2. The van der Waals surface area contributed by atoms with E-state index in [4.69, 9.17) is 34.8 Å². The molecule has 0 radical (unpaired) electrons. The third-order valence-corrected chi connectivity index (χ3v) is 9.14. The molecular weight excluding hydrogens is 555 g/mol. The van der Waals surface area contributed by atoms with Gasteiger partial charge in [-0.05, 0) is 67.3 Å². The number of carbonyl (C=O) groups is 1. The lowest BCUT2D eigenvalue weighted by Crippen LogP contribution is -2.48. The Kier molecular flexibility index (Phi) is 7.29. The number of carbonyl (C=O) groups excluding carboxylic acids is 1. The number of halogens is 3. The summed E-state index contributed by atoms with van der Waals surface area (Å²) in [7, 11) is 0. The van der Waals surface area contributed by atoms with Gasteiger partial charge < -0.3 is 10.4 Å². The fourth-order valence-electron chi connectivity index (χ4n) is 6.45. The predicted molar refractivity (Wildman–Crippen MR) is 158 cm³/mol. The van der Waals surface area contributed by atoms with E-state index in [9.17, 15) is 9.90 Å². The highest BCUT2D eigenvalue weighted by Crippen LogP contribution is 2.45. The van der Waals surface area contributed by atoms with Gasteiger partial charge in [-0.15, -0.1) is 0 Å². The Morgan fingerprint density at radius 2 is 1.69 bits per heavy atom. The van der Waals surface area contributed by atoms with E-state index in [0.717, 1.165) is 47.6 Å². The fraction of sp³-hybridized carbons (Fsp3) is 0.367. The van der Waals surface area contributed by atoms with E-state index in [-0.39, 0.29) is 12.6 Å². The molecule has 9 heteroatoms. The van der Waals surface area contributed by atoms with Gasteiger partial charge in [-0.25, -0.2) is 4.79 Å². The minimum atomic E-state index is -0.307. The van der Waals surface area contributed by atoms with E-state index >= 15 is 0 Å². The van der Waals surface area contributed by atoms with Crippen LogP contribution in [0.25, 0.3) is 11.1 Å². The number of rotatable bonds is 6. The molecular formula is C30H31Cl3N4O2. The number of aliphatic hydroxyl groups excluding tert-OH is 1. The monoisotopic (exact) mass is 584 g/mol. The van der Waals surface area contributed by atoms with Crippen LogP contribution in [0, 0.1) is 0 Å². The molecule has 0 saturated carbocycles. The summed E-state index contributed by atoms with van der Waals surface area (Å²) in [4.78, 5) is 20.1. The number of nitrogens with zero attached hydrogens (tertiary/aromatic N) is 3. The second-order valence-electron chi connectivity index (χ2n) is 10.9. The van der Waals surface area contributed by atoms with Crippen molar-refractivity contribution >= 4 is 52.2 Å². The number of piperazine rings is 1. The number of aliphatic hydroxyl groups is 1. The van der Waals surface area contributed by atoms with E-state index < -0.39 is 0 Å². The second kappa shape index (κ2) is 10.6. The summed E-state index contributed by atoms with van der Waals surface area (Å²) in [5.41, 5.74) is 5.64. The molecule has 6 nitrogen and oxygen atoms in total. The summed E-state index contributed by atoms with van der Waals surface area (Å²) in [6.07, 6.45) is 1.19. The van der Waals surface area contributed by atoms with Crippen molar-refractivity contribution < 1.29 is 9.90 Å². The maximum Gasteiger partial charge on any atom is 0.326 e. The number of benzene rings is 3. The van der Waals surface area contributed by atoms with Gasteiger partial charge in [0.1, 0.15) is 0 Å². The minimum Gasteiger partial charge on any atom is -0.392 e. The number of hydrogen-bond acceptors (Lipinski definition) is 4. The van der Waals surface area contributed by atoms with Gasteiger partial charge in [0.15, 0.2) is 0 Å². The number of nitrogens with one attached hydrogen (secondary N) is 1. The summed E-state index contributed by atoms with van der Waals surface area (Å²) < 4.78 is 0. The highest BCUT2D eigenvalue weighted by molar-refractivity contribution is 6.40. The predicted octanol–water partition coefficient (Wildman–Crippen LogP) is 6.83. The summed E-state index contributed by atoms with van der Waals surface area (Å²) in [5.74, 6) is 0. The van der Waals surface area contributed by atoms with Crippen LogP contribution < -0.4 is 10.2 Å². The first-order chi connectivity index (χ1) is 18.7. The minimum absolute atomic E-state index is 0.199. The number of urea groups is 1. The summed E-state index contributed by atoms with van der Waals surface area (Å²) >= 11 is 20.0. The standard InChI is InChI=1S/C30H31Cl3N4O2/c1-17(2)36-15-20-11-21(36)14-35(20)13-18-7-23(22-5-3-4-6-25(22)31)24-12-34-30(39)37(28(24)10-18)29-26(32)8-19(16-38)9-27(29)33/h3-10,17,20-21,38H,11-16H2,1-2H3,(H,34,39). The highest BCUT2D eigenvalue weighted by Gasteiger charge is 2.44. The molecule has 6 rings (SSSR count). The summed E-state index contributed by atoms with van der Waals surface area (Å²) in [5, 5.41) is 13.9. The van der Waals surface area contributed by atoms with Crippen molar-refractivity contribution in [2.45, 2.75) is 58.1 Å². The number of fused-ring (bicyclic) bond motifs is 3. The van der Waals surface area contributed by atoms with Crippen LogP contribution in [0.3, 0.4) is 0 Å². The molecule has 3 heterocycles. The Morgan fingerprint density at radius 1 is 0.949 bits per heavy atom. The van der Waals surface area contributed by atoms with Gasteiger partial charge in [-0.3, -0.25) is 14.7 Å². The Hall–Kier alpha value is -2.32. The first-order valence-electron chi connectivity index (χ1n) is 13.3. The van der Waals surface area contributed by atoms with E-state index in [1.165, 1.54) is 6.42 Å². The molecule has 2 saturated heterocycles. The molecule has 2 atom stereocenters. The van der Waals surface area contributed by atoms with Gasteiger partial charge in [-0.1, -0.05) is 53.0 Å². The van der Waals surface area contributed by atoms with Gasteiger partial charge in [0, 0.05) is 60.5 Å². The molecule has 3 aliphatic rings. The van der Waals surface area contributed by atoms with Crippen molar-refractivity contribution in [2.75, 3.05) is 18.0 Å². The van der Waals surface area contributed by atoms with Crippen LogP contribution in [-0.4, -0.2) is 52.2 Å². The topological polar surface area (TPSA) is 59.1 Å². The molecule has 0 spiro atoms. The molecule has 2 unspecified atom stereocenters. The van der Waals surface area contributed by atoms with Crippen LogP contribution in [0.4, 0.5) is 16.2 Å². The molecule has 39 heavy (non-hydrogen) atoms. The van der Waals surface area contributed by atoms with Crippen LogP contribution in [0.1, 0.15) is 37.0 Å². The molecule has 2 fully saturated rings. The Labute approximate surface area is 244 Å². The lowest BCUT2D eigenvalue weighted by Gasteiger charge is -2.37. The second-order valence-corrected chi connectivity index (χ2v) is 12.2. The van der Waals surface area contributed by atoms with Crippen LogP contribution in [0.15, 0.2) is 48.5 Å². The molecule has 3 aliphatic heterocycles. The van der Waals surface area contributed by atoms with Gasteiger partial charge in [-0.2, -0.15) is 0 Å².